The zero-order chi connectivity index (χ0) is 21.8. The minimum atomic E-state index is -4.46. The highest BCUT2D eigenvalue weighted by Gasteiger charge is 2.44. The van der Waals surface area contributed by atoms with E-state index < -0.39 is 12.3 Å². The molecule has 2 fully saturated rings. The van der Waals surface area contributed by atoms with E-state index >= 15 is 0 Å². The van der Waals surface area contributed by atoms with E-state index in [0.29, 0.717) is 29.7 Å². The molecule has 2 bridgehead atoms. The van der Waals surface area contributed by atoms with Crippen molar-refractivity contribution in [2.75, 3.05) is 23.3 Å². The van der Waals surface area contributed by atoms with Crippen molar-refractivity contribution in [3.8, 4) is 5.75 Å². The summed E-state index contributed by atoms with van der Waals surface area (Å²) >= 11 is 0. The van der Waals surface area contributed by atoms with E-state index in [-0.39, 0.29) is 17.4 Å². The summed E-state index contributed by atoms with van der Waals surface area (Å²) in [5.41, 5.74) is 0.243. The summed E-state index contributed by atoms with van der Waals surface area (Å²) < 4.78 is 50.8. The monoisotopic (exact) mass is 437 g/mol. The highest BCUT2D eigenvalue weighted by molar-refractivity contribution is 5.56. The zero-order valence-electron chi connectivity index (χ0n) is 17.0. The van der Waals surface area contributed by atoms with Gasteiger partial charge in [-0.05, 0) is 43.7 Å². The number of fused-ring (bicyclic) bond motifs is 3. The maximum absolute atomic E-state index is 12.9. The van der Waals surface area contributed by atoms with Crippen molar-refractivity contribution in [1.29, 1.82) is 0 Å². The number of rotatable bonds is 5. The minimum Gasteiger partial charge on any atom is -0.477 e. The van der Waals surface area contributed by atoms with E-state index in [1.165, 1.54) is 10.6 Å². The van der Waals surface area contributed by atoms with Gasteiger partial charge in [-0.15, -0.1) is 10.2 Å². The number of nitrogens with one attached hydrogen (secondary N) is 1. The van der Waals surface area contributed by atoms with Crippen molar-refractivity contribution in [2.45, 2.75) is 45.0 Å². The van der Waals surface area contributed by atoms with Gasteiger partial charge in [-0.2, -0.15) is 18.2 Å². The number of ether oxygens (including phenoxy) is 1. The topological polar surface area (TPSA) is 93.6 Å². The number of nitrogens with zero attached hydrogens (tertiary/aromatic N) is 6. The third-order valence-corrected chi connectivity index (χ3v) is 6.01. The van der Waals surface area contributed by atoms with Gasteiger partial charge in [0.05, 0.1) is 0 Å². The molecule has 2 aliphatic rings. The third-order valence-electron chi connectivity index (χ3n) is 6.01. The van der Waals surface area contributed by atoms with Crippen LogP contribution in [-0.2, 0) is 0 Å². The molecule has 0 amide bonds. The molecule has 1 N–H and O–H groups in total. The summed E-state index contributed by atoms with van der Waals surface area (Å²) in [5, 5.41) is 15.8. The van der Waals surface area contributed by atoms with Crippen LogP contribution in [0.1, 0.15) is 25.7 Å². The van der Waals surface area contributed by atoms with Crippen LogP contribution < -0.4 is 15.0 Å². The van der Waals surface area contributed by atoms with Crippen LogP contribution in [0.15, 0.2) is 22.7 Å². The van der Waals surface area contributed by atoms with E-state index in [9.17, 15) is 13.2 Å². The molecular weight excluding hydrogens is 415 g/mol. The highest BCUT2D eigenvalue weighted by atomic mass is 19.4. The fourth-order valence-electron chi connectivity index (χ4n) is 4.47. The van der Waals surface area contributed by atoms with Crippen molar-refractivity contribution < 1.29 is 22.3 Å². The number of alkyl halides is 3. The summed E-state index contributed by atoms with van der Waals surface area (Å²) in [6, 6.07) is 3.75. The lowest BCUT2D eigenvalue weighted by atomic mass is 9.92. The predicted octanol–water partition coefficient (Wildman–Crippen LogP) is 3.08. The van der Waals surface area contributed by atoms with Crippen LogP contribution in [0.25, 0.3) is 5.65 Å². The molecule has 4 atom stereocenters. The Labute approximate surface area is 175 Å². The standard InChI is InChI=1S/C19H22F3N7O2/c1-10(19(20,21)22)30-14-4-3-7-29-16(14)24-17(27-29)23-15-12-5-6-13(15)9-28(8-12)18-26-25-11(2)31-18/h3-4,7,10,12-13,15H,5-6,8-9H2,1-2H3,(H,23,27)/t10-,12-,13+,15?/m1/s1. The van der Waals surface area contributed by atoms with Crippen LogP contribution in [0.3, 0.4) is 0 Å². The molecule has 31 heavy (non-hydrogen) atoms. The molecule has 12 heteroatoms. The first kappa shape index (κ1) is 19.9. The average Bonchev–Trinajstić information content (AvgIpc) is 3.38. The number of aromatic nitrogens is 5. The number of hydrogen-bond donors (Lipinski definition) is 1. The molecule has 1 saturated carbocycles. The molecule has 166 valence electrons. The summed E-state index contributed by atoms with van der Waals surface area (Å²) in [5.74, 6) is 1.64. The van der Waals surface area contributed by atoms with Gasteiger partial charge in [0.2, 0.25) is 11.8 Å². The molecule has 1 saturated heterocycles. The number of aryl methyl sites for hydroxylation is 1. The third kappa shape index (κ3) is 3.74. The molecule has 3 aromatic rings. The Morgan fingerprint density at radius 3 is 2.61 bits per heavy atom. The zero-order valence-corrected chi connectivity index (χ0v) is 17.0. The summed E-state index contributed by atoms with van der Waals surface area (Å²) in [6.07, 6.45) is -2.67. The Bertz CT molecular complexity index is 1070. The van der Waals surface area contributed by atoms with E-state index in [1.54, 1.807) is 19.2 Å². The van der Waals surface area contributed by atoms with Crippen LogP contribution in [-0.4, -0.2) is 56.2 Å². The Hall–Kier alpha value is -3.05. The normalized spacial score (nSPS) is 24.5. The van der Waals surface area contributed by atoms with Crippen LogP contribution in [0.5, 0.6) is 5.75 Å². The molecule has 0 aromatic carbocycles. The van der Waals surface area contributed by atoms with Gasteiger partial charge in [0.1, 0.15) is 0 Å². The molecule has 0 radical (unpaired) electrons. The highest BCUT2D eigenvalue weighted by Crippen LogP contribution is 2.40. The lowest BCUT2D eigenvalue weighted by Gasteiger charge is -2.37. The second kappa shape index (κ2) is 7.27. The molecule has 1 aliphatic heterocycles. The first-order valence-electron chi connectivity index (χ1n) is 10.2. The molecule has 1 aliphatic carbocycles. The van der Waals surface area contributed by atoms with Crippen molar-refractivity contribution in [3.05, 3.63) is 24.2 Å². The number of hydrogen-bond acceptors (Lipinski definition) is 8. The summed E-state index contributed by atoms with van der Waals surface area (Å²) in [4.78, 5) is 6.53. The van der Waals surface area contributed by atoms with Crippen molar-refractivity contribution in [1.82, 2.24) is 24.8 Å². The minimum absolute atomic E-state index is 0.0393. The SMILES string of the molecule is Cc1nnc(N2C[C@H]3CC[C@@H](C2)C3Nc2nc3c(O[C@H](C)C(F)(F)F)cccn3n2)o1. The van der Waals surface area contributed by atoms with Crippen LogP contribution in [0, 0.1) is 18.8 Å². The van der Waals surface area contributed by atoms with Gasteiger partial charge in [0, 0.05) is 32.3 Å². The number of halogens is 3. The fourth-order valence-corrected chi connectivity index (χ4v) is 4.47. The Morgan fingerprint density at radius 2 is 1.97 bits per heavy atom. The van der Waals surface area contributed by atoms with Gasteiger partial charge in [0.25, 0.3) is 0 Å². The Kier molecular flexibility index (Phi) is 4.67. The van der Waals surface area contributed by atoms with E-state index in [4.69, 9.17) is 9.15 Å². The molecular formula is C19H22F3N7O2. The van der Waals surface area contributed by atoms with Crippen molar-refractivity contribution in [2.24, 2.45) is 11.8 Å². The van der Waals surface area contributed by atoms with Crippen LogP contribution in [0.2, 0.25) is 0 Å². The maximum atomic E-state index is 12.9. The smallest absolute Gasteiger partial charge is 0.425 e. The van der Waals surface area contributed by atoms with Gasteiger partial charge in [0.15, 0.2) is 17.5 Å². The van der Waals surface area contributed by atoms with E-state index in [0.717, 1.165) is 32.9 Å². The lowest BCUT2D eigenvalue weighted by Crippen LogP contribution is -2.48. The molecule has 1 unspecified atom stereocenters. The molecule has 5 rings (SSSR count). The molecule has 0 spiro atoms. The van der Waals surface area contributed by atoms with Crippen LogP contribution >= 0.6 is 0 Å². The van der Waals surface area contributed by atoms with Gasteiger partial charge in [-0.1, -0.05) is 5.10 Å². The Morgan fingerprint density at radius 1 is 1.23 bits per heavy atom. The lowest BCUT2D eigenvalue weighted by molar-refractivity contribution is -0.189. The van der Waals surface area contributed by atoms with Gasteiger partial charge >= 0.3 is 12.2 Å². The fraction of sp³-hybridized carbons (Fsp3) is 0.579. The molecule has 3 aromatic heterocycles. The largest absolute Gasteiger partial charge is 0.477 e. The van der Waals surface area contributed by atoms with Gasteiger partial charge < -0.3 is 19.4 Å². The second-order valence-electron chi connectivity index (χ2n) is 8.15. The first-order valence-corrected chi connectivity index (χ1v) is 10.2. The van der Waals surface area contributed by atoms with E-state index in [2.05, 4.69) is 30.5 Å². The summed E-state index contributed by atoms with van der Waals surface area (Å²) in [6.45, 7) is 4.29. The van der Waals surface area contributed by atoms with Gasteiger partial charge in [-0.3, -0.25) is 0 Å². The molecule has 4 heterocycles. The number of piperidine rings is 1. The van der Waals surface area contributed by atoms with Crippen molar-refractivity contribution >= 4 is 17.6 Å². The molecule has 9 nitrogen and oxygen atoms in total. The number of pyridine rings is 1. The quantitative estimate of drug-likeness (QED) is 0.651. The van der Waals surface area contributed by atoms with Gasteiger partial charge in [-0.25, -0.2) is 4.52 Å². The van der Waals surface area contributed by atoms with Crippen molar-refractivity contribution in [3.63, 3.8) is 0 Å². The second-order valence-corrected chi connectivity index (χ2v) is 8.15. The average molecular weight is 437 g/mol. The van der Waals surface area contributed by atoms with E-state index in [1.807, 2.05) is 0 Å². The first-order chi connectivity index (χ1) is 14.8. The predicted molar refractivity (Wildman–Crippen MR) is 104 cm³/mol. The van der Waals surface area contributed by atoms with Crippen LogP contribution in [0.4, 0.5) is 25.1 Å². The Balaban J connectivity index is 1.33. The number of anilines is 2. The summed E-state index contributed by atoms with van der Waals surface area (Å²) in [7, 11) is 0. The maximum Gasteiger partial charge on any atom is 0.425 e.